The summed E-state index contributed by atoms with van der Waals surface area (Å²) in [5, 5.41) is 11.2. The molecule has 0 aliphatic heterocycles. The molecule has 15 heavy (non-hydrogen) atoms. The van der Waals surface area contributed by atoms with Gasteiger partial charge in [0.25, 0.3) is 0 Å². The standard InChI is InChI=1S/C9H9FN2O2S/c10-7-2-1-6(12-9(11)15)3-5(7)4-8(13)14/h1-3H,4H2,(H,13,14)(H3,11,12,15). The van der Waals surface area contributed by atoms with E-state index >= 15 is 0 Å². The predicted molar refractivity (Wildman–Crippen MR) is 58.1 cm³/mol. The molecule has 0 spiro atoms. The van der Waals surface area contributed by atoms with Crippen molar-refractivity contribution in [3.8, 4) is 0 Å². The number of hydrogen-bond donors (Lipinski definition) is 3. The molecule has 0 aliphatic carbocycles. The zero-order valence-electron chi connectivity index (χ0n) is 7.66. The second-order valence-electron chi connectivity index (χ2n) is 2.87. The summed E-state index contributed by atoms with van der Waals surface area (Å²) in [7, 11) is 0. The number of nitrogens with two attached hydrogens (primary N) is 1. The number of thiocarbonyl (C=S) groups is 1. The van der Waals surface area contributed by atoms with E-state index in [1.54, 1.807) is 0 Å². The first kappa shape index (κ1) is 11.4. The van der Waals surface area contributed by atoms with Crippen LogP contribution >= 0.6 is 12.2 Å². The third-order valence-corrected chi connectivity index (χ3v) is 1.76. The highest BCUT2D eigenvalue weighted by atomic mass is 32.1. The molecule has 0 unspecified atom stereocenters. The molecule has 0 saturated heterocycles. The van der Waals surface area contributed by atoms with E-state index in [1.165, 1.54) is 18.2 Å². The molecule has 1 aromatic carbocycles. The Kier molecular flexibility index (Phi) is 3.56. The van der Waals surface area contributed by atoms with Gasteiger partial charge in [0.15, 0.2) is 5.11 Å². The van der Waals surface area contributed by atoms with Gasteiger partial charge in [-0.15, -0.1) is 0 Å². The molecule has 0 heterocycles. The average molecular weight is 228 g/mol. The molecule has 4 nitrogen and oxygen atoms in total. The Bertz CT molecular complexity index is 409. The van der Waals surface area contributed by atoms with E-state index < -0.39 is 11.8 Å². The van der Waals surface area contributed by atoms with Crippen LogP contribution in [0.5, 0.6) is 0 Å². The number of carboxylic acids is 1. The molecule has 0 aliphatic rings. The van der Waals surface area contributed by atoms with E-state index in [9.17, 15) is 9.18 Å². The highest BCUT2D eigenvalue weighted by Crippen LogP contribution is 2.15. The lowest BCUT2D eigenvalue weighted by atomic mass is 10.1. The van der Waals surface area contributed by atoms with Crippen LogP contribution in [0.15, 0.2) is 18.2 Å². The third-order valence-electron chi connectivity index (χ3n) is 1.65. The van der Waals surface area contributed by atoms with Gasteiger partial charge in [-0.1, -0.05) is 0 Å². The van der Waals surface area contributed by atoms with Crippen molar-refractivity contribution in [2.45, 2.75) is 6.42 Å². The van der Waals surface area contributed by atoms with E-state index in [0.29, 0.717) is 5.69 Å². The number of rotatable bonds is 3. The topological polar surface area (TPSA) is 75.3 Å². The molecule has 0 atom stereocenters. The Balaban J connectivity index is 2.94. The third kappa shape index (κ3) is 3.51. The van der Waals surface area contributed by atoms with Crippen molar-refractivity contribution in [3.05, 3.63) is 29.6 Å². The average Bonchev–Trinajstić information content (AvgIpc) is 2.09. The van der Waals surface area contributed by atoms with Crippen molar-refractivity contribution in [2.75, 3.05) is 5.32 Å². The van der Waals surface area contributed by atoms with Gasteiger partial charge in [0.05, 0.1) is 6.42 Å². The number of hydrogen-bond acceptors (Lipinski definition) is 2. The normalized spacial score (nSPS) is 9.67. The van der Waals surface area contributed by atoms with E-state index in [-0.39, 0.29) is 17.1 Å². The van der Waals surface area contributed by atoms with Crippen molar-refractivity contribution < 1.29 is 14.3 Å². The van der Waals surface area contributed by atoms with E-state index in [0.717, 1.165) is 0 Å². The molecule has 1 aromatic rings. The second kappa shape index (κ2) is 4.70. The number of anilines is 1. The van der Waals surface area contributed by atoms with Gasteiger partial charge in [0.1, 0.15) is 5.82 Å². The van der Waals surface area contributed by atoms with Crippen molar-refractivity contribution in [2.24, 2.45) is 5.73 Å². The number of halogens is 1. The van der Waals surface area contributed by atoms with Gasteiger partial charge in [-0.2, -0.15) is 0 Å². The summed E-state index contributed by atoms with van der Waals surface area (Å²) in [6.07, 6.45) is -0.376. The van der Waals surface area contributed by atoms with E-state index in [4.69, 9.17) is 10.8 Å². The van der Waals surface area contributed by atoms with Crippen molar-refractivity contribution in [1.82, 2.24) is 0 Å². The van der Waals surface area contributed by atoms with Crippen LogP contribution in [0.3, 0.4) is 0 Å². The molecule has 1 rings (SSSR count). The number of carboxylic acid groups (broad SMARTS) is 1. The maximum atomic E-state index is 13.1. The first-order valence-electron chi connectivity index (χ1n) is 4.05. The Hall–Kier alpha value is -1.69. The molecule has 0 fully saturated rings. The zero-order valence-corrected chi connectivity index (χ0v) is 8.47. The second-order valence-corrected chi connectivity index (χ2v) is 3.31. The Morgan fingerprint density at radius 3 is 2.80 bits per heavy atom. The quantitative estimate of drug-likeness (QED) is 0.676. The van der Waals surface area contributed by atoms with Gasteiger partial charge in [-0.05, 0) is 30.4 Å². The van der Waals surface area contributed by atoms with Crippen LogP contribution < -0.4 is 11.1 Å². The molecule has 0 amide bonds. The van der Waals surface area contributed by atoms with Crippen LogP contribution in [0, 0.1) is 5.82 Å². The lowest BCUT2D eigenvalue weighted by molar-refractivity contribution is -0.136. The minimum Gasteiger partial charge on any atom is -0.481 e. The highest BCUT2D eigenvalue weighted by molar-refractivity contribution is 7.80. The summed E-state index contributed by atoms with van der Waals surface area (Å²) in [5.41, 5.74) is 5.78. The largest absolute Gasteiger partial charge is 0.481 e. The summed E-state index contributed by atoms with van der Waals surface area (Å²) in [6.45, 7) is 0. The number of aliphatic carboxylic acids is 1. The fourth-order valence-corrected chi connectivity index (χ4v) is 1.21. The predicted octanol–water partition coefficient (Wildman–Crippen LogP) is 1.11. The van der Waals surface area contributed by atoms with Crippen LogP contribution in [-0.4, -0.2) is 16.2 Å². The van der Waals surface area contributed by atoms with Crippen molar-refractivity contribution in [1.29, 1.82) is 0 Å². The summed E-state index contributed by atoms with van der Waals surface area (Å²) in [6, 6.07) is 3.96. The molecule has 0 aromatic heterocycles. The van der Waals surface area contributed by atoms with Gasteiger partial charge in [-0.3, -0.25) is 4.79 Å². The molecular weight excluding hydrogens is 219 g/mol. The molecular formula is C9H9FN2O2S. The lowest BCUT2D eigenvalue weighted by Gasteiger charge is -2.06. The maximum absolute atomic E-state index is 13.1. The van der Waals surface area contributed by atoms with Gasteiger partial charge in [0, 0.05) is 11.3 Å². The number of carbonyl (C=O) groups is 1. The monoisotopic (exact) mass is 228 g/mol. The maximum Gasteiger partial charge on any atom is 0.307 e. The van der Waals surface area contributed by atoms with Crippen molar-refractivity contribution in [3.63, 3.8) is 0 Å². The minimum absolute atomic E-state index is 0.0443. The molecule has 0 radical (unpaired) electrons. The van der Waals surface area contributed by atoms with Gasteiger partial charge < -0.3 is 16.2 Å². The molecule has 4 N–H and O–H groups in total. The fraction of sp³-hybridized carbons (Fsp3) is 0.111. The van der Waals surface area contributed by atoms with Gasteiger partial charge >= 0.3 is 5.97 Å². The first-order valence-corrected chi connectivity index (χ1v) is 4.46. The van der Waals surface area contributed by atoms with Crippen LogP contribution in [0.4, 0.5) is 10.1 Å². The van der Waals surface area contributed by atoms with Crippen LogP contribution in [-0.2, 0) is 11.2 Å². The lowest BCUT2D eigenvalue weighted by Crippen LogP contribution is -2.19. The number of benzene rings is 1. The van der Waals surface area contributed by atoms with Crippen LogP contribution in [0.1, 0.15) is 5.56 Å². The SMILES string of the molecule is NC(=S)Nc1ccc(F)c(CC(=O)O)c1. The van der Waals surface area contributed by atoms with Crippen LogP contribution in [0.25, 0.3) is 0 Å². The van der Waals surface area contributed by atoms with Crippen LogP contribution in [0.2, 0.25) is 0 Å². The summed E-state index contributed by atoms with van der Waals surface area (Å²) in [5.74, 6) is -1.66. The van der Waals surface area contributed by atoms with Gasteiger partial charge in [-0.25, -0.2) is 4.39 Å². The first-order chi connectivity index (χ1) is 6.99. The van der Waals surface area contributed by atoms with E-state index in [2.05, 4.69) is 17.5 Å². The highest BCUT2D eigenvalue weighted by Gasteiger charge is 2.07. The Morgan fingerprint density at radius 1 is 1.60 bits per heavy atom. The molecule has 0 saturated carbocycles. The minimum atomic E-state index is -1.10. The summed E-state index contributed by atoms with van der Waals surface area (Å²) in [4.78, 5) is 10.4. The fourth-order valence-electron chi connectivity index (χ4n) is 1.09. The van der Waals surface area contributed by atoms with Crippen molar-refractivity contribution >= 4 is 29.0 Å². The zero-order chi connectivity index (χ0) is 11.4. The van der Waals surface area contributed by atoms with Gasteiger partial charge in [0.2, 0.25) is 0 Å². The Morgan fingerprint density at radius 2 is 2.27 bits per heavy atom. The summed E-state index contributed by atoms with van der Waals surface area (Å²) >= 11 is 4.60. The smallest absolute Gasteiger partial charge is 0.307 e. The summed E-state index contributed by atoms with van der Waals surface area (Å²) < 4.78 is 13.1. The molecule has 6 heteroatoms. The molecule has 80 valence electrons. The molecule has 0 bridgehead atoms. The number of nitrogens with one attached hydrogen (secondary N) is 1. The Labute approximate surface area is 90.9 Å². The van der Waals surface area contributed by atoms with E-state index in [1.807, 2.05) is 0 Å².